The molecule has 1 atom stereocenters. The molecule has 0 saturated carbocycles. The van der Waals surface area contributed by atoms with E-state index in [1.165, 1.54) is 0 Å². The molecule has 11 heavy (non-hydrogen) atoms. The van der Waals surface area contributed by atoms with Crippen molar-refractivity contribution in [1.29, 1.82) is 0 Å². The van der Waals surface area contributed by atoms with Crippen LogP contribution in [0, 0.1) is 9.39 Å². The molecule has 0 fully saturated rings. The first-order chi connectivity index (χ1) is 5.16. The van der Waals surface area contributed by atoms with Gasteiger partial charge in [-0.1, -0.05) is 11.6 Å². The van der Waals surface area contributed by atoms with Gasteiger partial charge in [-0.2, -0.15) is 0 Å². The van der Waals surface area contributed by atoms with E-state index in [2.05, 4.69) is 14.2 Å². The molecule has 1 heterocycles. The SMILES string of the molecule is Fc1c(Cl)ncc(CP)c1I. The van der Waals surface area contributed by atoms with Crippen molar-refractivity contribution in [3.05, 3.63) is 26.3 Å². The van der Waals surface area contributed by atoms with E-state index in [1.807, 2.05) is 22.6 Å². The Morgan fingerprint density at radius 2 is 2.36 bits per heavy atom. The lowest BCUT2D eigenvalue weighted by atomic mass is 10.3. The van der Waals surface area contributed by atoms with Crippen molar-refractivity contribution in [3.8, 4) is 0 Å². The molecule has 0 saturated heterocycles. The van der Waals surface area contributed by atoms with Gasteiger partial charge in [0.1, 0.15) is 0 Å². The van der Waals surface area contributed by atoms with Gasteiger partial charge in [0.25, 0.3) is 0 Å². The van der Waals surface area contributed by atoms with Crippen LogP contribution in [0.3, 0.4) is 0 Å². The van der Waals surface area contributed by atoms with Gasteiger partial charge >= 0.3 is 0 Å². The molecule has 0 radical (unpaired) electrons. The summed E-state index contributed by atoms with van der Waals surface area (Å²) in [7, 11) is 2.51. The Labute approximate surface area is 85.1 Å². The monoisotopic (exact) mass is 303 g/mol. The fourth-order valence-electron chi connectivity index (χ4n) is 0.622. The number of pyridine rings is 1. The molecule has 1 rings (SSSR count). The van der Waals surface area contributed by atoms with E-state index in [4.69, 9.17) is 11.6 Å². The molecule has 1 unspecified atom stereocenters. The van der Waals surface area contributed by atoms with Gasteiger partial charge in [0.05, 0.1) is 3.57 Å². The van der Waals surface area contributed by atoms with Gasteiger partial charge < -0.3 is 0 Å². The van der Waals surface area contributed by atoms with Gasteiger partial charge in [-0.25, -0.2) is 9.37 Å². The standard InChI is InChI=1S/C6H5ClFINP/c7-6-4(8)5(9)3(2-11)1-10-6/h1H,2,11H2. The van der Waals surface area contributed by atoms with E-state index in [1.54, 1.807) is 6.20 Å². The zero-order valence-electron chi connectivity index (χ0n) is 5.44. The minimum Gasteiger partial charge on any atom is -0.241 e. The third-order valence-corrected chi connectivity index (χ3v) is 3.08. The summed E-state index contributed by atoms with van der Waals surface area (Å²) in [4.78, 5) is 3.68. The maximum Gasteiger partial charge on any atom is 0.174 e. The Balaban J connectivity index is 3.25. The Morgan fingerprint density at radius 1 is 1.73 bits per heavy atom. The fourth-order valence-corrected chi connectivity index (χ4v) is 2.26. The lowest BCUT2D eigenvalue weighted by molar-refractivity contribution is 0.612. The molecule has 1 aromatic rings. The van der Waals surface area contributed by atoms with Crippen LogP contribution in [-0.4, -0.2) is 4.98 Å². The molecule has 1 aromatic heterocycles. The van der Waals surface area contributed by atoms with Gasteiger partial charge in [0.2, 0.25) is 0 Å². The normalized spacial score (nSPS) is 10.2. The van der Waals surface area contributed by atoms with Gasteiger partial charge in [-0.15, -0.1) is 9.24 Å². The zero-order chi connectivity index (χ0) is 8.43. The van der Waals surface area contributed by atoms with Crippen molar-refractivity contribution >= 4 is 43.4 Å². The van der Waals surface area contributed by atoms with Crippen LogP contribution >= 0.6 is 43.4 Å². The Kier molecular flexibility index (Phi) is 3.47. The second-order valence-electron chi connectivity index (χ2n) is 1.91. The smallest absolute Gasteiger partial charge is 0.174 e. The Morgan fingerprint density at radius 3 is 2.91 bits per heavy atom. The largest absolute Gasteiger partial charge is 0.241 e. The van der Waals surface area contributed by atoms with Crippen LogP contribution in [0.25, 0.3) is 0 Å². The van der Waals surface area contributed by atoms with Crippen molar-refractivity contribution in [2.24, 2.45) is 0 Å². The number of aromatic nitrogens is 1. The summed E-state index contributed by atoms with van der Waals surface area (Å²) in [6, 6.07) is 0. The average molecular weight is 303 g/mol. The lowest BCUT2D eigenvalue weighted by Gasteiger charge is -2.01. The lowest BCUT2D eigenvalue weighted by Crippen LogP contribution is -1.93. The molecule has 60 valence electrons. The molecular formula is C6H5ClFINP. The van der Waals surface area contributed by atoms with Crippen molar-refractivity contribution < 1.29 is 4.39 Å². The van der Waals surface area contributed by atoms with Gasteiger partial charge in [-0.05, 0) is 34.3 Å². The van der Waals surface area contributed by atoms with Crippen molar-refractivity contribution in [1.82, 2.24) is 4.98 Å². The quantitative estimate of drug-likeness (QED) is 0.442. The number of halogens is 3. The summed E-state index contributed by atoms with van der Waals surface area (Å²) in [6.45, 7) is 0. The predicted molar refractivity (Wildman–Crippen MR) is 55.3 cm³/mol. The Hall–Kier alpha value is 0.530. The molecule has 0 N–H and O–H groups in total. The number of hydrogen-bond acceptors (Lipinski definition) is 1. The molecule has 0 spiro atoms. The maximum atomic E-state index is 13.0. The zero-order valence-corrected chi connectivity index (χ0v) is 9.51. The molecule has 0 aromatic carbocycles. The van der Waals surface area contributed by atoms with E-state index < -0.39 is 5.82 Å². The highest BCUT2D eigenvalue weighted by molar-refractivity contribution is 14.1. The highest BCUT2D eigenvalue weighted by Gasteiger charge is 2.08. The van der Waals surface area contributed by atoms with Crippen LogP contribution in [0.15, 0.2) is 6.20 Å². The Bertz CT molecular complexity index is 282. The van der Waals surface area contributed by atoms with Crippen LogP contribution in [0.4, 0.5) is 4.39 Å². The van der Waals surface area contributed by atoms with Crippen LogP contribution in [-0.2, 0) is 6.16 Å². The maximum absolute atomic E-state index is 13.0. The number of hydrogen-bond donors (Lipinski definition) is 0. The minimum absolute atomic E-state index is 0.0587. The second kappa shape index (κ2) is 3.97. The molecule has 0 aliphatic rings. The van der Waals surface area contributed by atoms with Crippen molar-refractivity contribution in [3.63, 3.8) is 0 Å². The van der Waals surface area contributed by atoms with Crippen molar-refractivity contribution in [2.75, 3.05) is 0 Å². The number of rotatable bonds is 1. The summed E-state index contributed by atoms with van der Waals surface area (Å²) in [6.07, 6.45) is 2.28. The van der Waals surface area contributed by atoms with Crippen molar-refractivity contribution in [2.45, 2.75) is 6.16 Å². The molecule has 1 nitrogen and oxygen atoms in total. The van der Waals surface area contributed by atoms with Gasteiger partial charge in [0.15, 0.2) is 11.0 Å². The van der Waals surface area contributed by atoms with Crippen LogP contribution in [0.5, 0.6) is 0 Å². The second-order valence-corrected chi connectivity index (χ2v) is 3.75. The molecule has 0 aliphatic carbocycles. The topological polar surface area (TPSA) is 12.9 Å². The average Bonchev–Trinajstić information content (AvgIpc) is 2.01. The van der Waals surface area contributed by atoms with E-state index in [-0.39, 0.29) is 5.15 Å². The number of nitrogens with zero attached hydrogens (tertiary/aromatic N) is 1. The van der Waals surface area contributed by atoms with Gasteiger partial charge in [-0.3, -0.25) is 0 Å². The van der Waals surface area contributed by atoms with Crippen LogP contribution in [0.1, 0.15) is 5.56 Å². The first kappa shape index (κ1) is 9.62. The van der Waals surface area contributed by atoms with E-state index in [0.717, 1.165) is 5.56 Å². The van der Waals surface area contributed by atoms with Crippen LogP contribution in [0.2, 0.25) is 5.15 Å². The van der Waals surface area contributed by atoms with E-state index >= 15 is 0 Å². The van der Waals surface area contributed by atoms with Crippen LogP contribution < -0.4 is 0 Å². The summed E-state index contributed by atoms with van der Waals surface area (Å²) >= 11 is 7.36. The summed E-state index contributed by atoms with van der Waals surface area (Å²) in [5.41, 5.74) is 0.859. The highest BCUT2D eigenvalue weighted by atomic mass is 127. The third kappa shape index (κ3) is 2.01. The molecule has 0 aliphatic heterocycles. The summed E-state index contributed by atoms with van der Waals surface area (Å²) in [5.74, 6) is -0.424. The molecule has 0 amide bonds. The van der Waals surface area contributed by atoms with Gasteiger partial charge in [0, 0.05) is 6.20 Å². The van der Waals surface area contributed by atoms with E-state index in [9.17, 15) is 4.39 Å². The van der Waals surface area contributed by atoms with E-state index in [0.29, 0.717) is 9.73 Å². The fraction of sp³-hybridized carbons (Fsp3) is 0.167. The molecular weight excluding hydrogens is 298 g/mol. The summed E-state index contributed by atoms with van der Waals surface area (Å²) < 4.78 is 13.5. The molecule has 5 heteroatoms. The molecule has 0 bridgehead atoms. The first-order valence-corrected chi connectivity index (χ1v) is 5.12. The minimum atomic E-state index is -0.424. The highest BCUT2D eigenvalue weighted by Crippen LogP contribution is 2.22. The first-order valence-electron chi connectivity index (χ1n) is 2.85. The third-order valence-electron chi connectivity index (χ3n) is 1.21. The summed E-state index contributed by atoms with van der Waals surface area (Å²) in [5, 5.41) is -0.0587. The predicted octanol–water partition coefficient (Wildman–Crippen LogP) is 2.85.